The molecule has 0 spiro atoms. The number of thioether (sulfide) groups is 1. The number of benzene rings is 2. The second-order valence-electron chi connectivity index (χ2n) is 7.43. The van der Waals surface area contributed by atoms with Gasteiger partial charge in [0.25, 0.3) is 11.8 Å². The van der Waals surface area contributed by atoms with Crippen molar-refractivity contribution < 1.29 is 9.59 Å². The molecule has 0 atom stereocenters. The van der Waals surface area contributed by atoms with Crippen LogP contribution in [0.25, 0.3) is 0 Å². The molecule has 4 nitrogen and oxygen atoms in total. The quantitative estimate of drug-likeness (QED) is 0.717. The summed E-state index contributed by atoms with van der Waals surface area (Å²) in [5.41, 5.74) is 2.28. The van der Waals surface area contributed by atoms with Crippen molar-refractivity contribution in [1.82, 2.24) is 10.2 Å². The molecule has 148 valence electrons. The highest BCUT2D eigenvalue weighted by Gasteiger charge is 2.18. The topological polar surface area (TPSA) is 49.4 Å². The molecule has 1 aliphatic heterocycles. The molecule has 0 bridgehead atoms. The van der Waals surface area contributed by atoms with E-state index in [0.29, 0.717) is 22.9 Å². The van der Waals surface area contributed by atoms with Crippen LogP contribution in [-0.2, 0) is 6.54 Å². The smallest absolute Gasteiger partial charge is 0.253 e. The van der Waals surface area contributed by atoms with Crippen LogP contribution in [-0.4, -0.2) is 35.1 Å². The lowest BCUT2D eigenvalue weighted by molar-refractivity contribution is 0.0724. The fourth-order valence-corrected chi connectivity index (χ4v) is 4.17. The van der Waals surface area contributed by atoms with Crippen LogP contribution >= 0.6 is 11.8 Å². The van der Waals surface area contributed by atoms with Gasteiger partial charge in [0.1, 0.15) is 0 Å². The summed E-state index contributed by atoms with van der Waals surface area (Å²) in [5, 5.41) is 3.46. The van der Waals surface area contributed by atoms with Crippen molar-refractivity contribution in [3.8, 4) is 0 Å². The normalized spacial score (nSPS) is 14.2. The Morgan fingerprint density at radius 2 is 1.71 bits per heavy atom. The van der Waals surface area contributed by atoms with E-state index in [2.05, 4.69) is 19.2 Å². The summed E-state index contributed by atoms with van der Waals surface area (Å²) in [6, 6.07) is 15.3. The number of rotatable bonds is 6. The molecular formula is C23H28N2O2S. The van der Waals surface area contributed by atoms with Gasteiger partial charge in [0, 0.05) is 40.9 Å². The summed E-state index contributed by atoms with van der Waals surface area (Å²) in [7, 11) is 0. The van der Waals surface area contributed by atoms with Crippen LogP contribution in [0.5, 0.6) is 0 Å². The Bertz CT molecular complexity index is 812. The molecule has 2 aromatic rings. The lowest BCUT2D eigenvalue weighted by Crippen LogP contribution is -2.35. The van der Waals surface area contributed by atoms with Gasteiger partial charge in [-0.05, 0) is 61.2 Å². The lowest BCUT2D eigenvalue weighted by Gasteiger charge is -2.26. The third-order valence-corrected chi connectivity index (χ3v) is 5.77. The monoisotopic (exact) mass is 396 g/mol. The average molecular weight is 397 g/mol. The molecule has 3 rings (SSSR count). The fraction of sp³-hybridized carbons (Fsp3) is 0.391. The van der Waals surface area contributed by atoms with Crippen LogP contribution in [0.1, 0.15) is 59.4 Å². The van der Waals surface area contributed by atoms with Crippen molar-refractivity contribution in [3.05, 3.63) is 65.2 Å². The first-order chi connectivity index (χ1) is 13.5. The summed E-state index contributed by atoms with van der Waals surface area (Å²) < 4.78 is 0. The van der Waals surface area contributed by atoms with Crippen LogP contribution in [0.2, 0.25) is 0 Å². The van der Waals surface area contributed by atoms with E-state index in [1.807, 2.05) is 53.4 Å². The van der Waals surface area contributed by atoms with E-state index >= 15 is 0 Å². The largest absolute Gasteiger partial charge is 0.348 e. The number of nitrogens with zero attached hydrogens (tertiary/aromatic N) is 1. The number of piperidine rings is 1. The van der Waals surface area contributed by atoms with Gasteiger partial charge in [-0.2, -0.15) is 0 Å². The van der Waals surface area contributed by atoms with E-state index in [1.54, 1.807) is 11.8 Å². The lowest BCUT2D eigenvalue weighted by atomic mass is 10.1. The third-order valence-electron chi connectivity index (χ3n) is 4.76. The van der Waals surface area contributed by atoms with Crippen LogP contribution < -0.4 is 5.32 Å². The number of likely N-dealkylation sites (tertiary alicyclic amines) is 1. The maximum absolute atomic E-state index is 12.7. The van der Waals surface area contributed by atoms with Crippen molar-refractivity contribution in [2.24, 2.45) is 0 Å². The summed E-state index contributed by atoms with van der Waals surface area (Å²) in [4.78, 5) is 28.2. The minimum atomic E-state index is -0.103. The standard InChI is InChI=1S/C23H28N2O2S/c1-17(2)28-21-11-9-19(10-12-21)22(26)24-16-18-7-6-8-20(15-18)23(27)25-13-4-3-5-14-25/h6-12,15,17H,3-5,13-14,16H2,1-2H3,(H,24,26). The number of hydrogen-bond donors (Lipinski definition) is 1. The zero-order valence-corrected chi connectivity index (χ0v) is 17.4. The highest BCUT2D eigenvalue weighted by atomic mass is 32.2. The SMILES string of the molecule is CC(C)Sc1ccc(C(=O)NCc2cccc(C(=O)N3CCCCC3)c2)cc1. The molecule has 0 unspecified atom stereocenters. The molecular weight excluding hydrogens is 368 g/mol. The van der Waals surface area contributed by atoms with Crippen molar-refractivity contribution in [2.45, 2.75) is 49.8 Å². The van der Waals surface area contributed by atoms with Gasteiger partial charge in [0.05, 0.1) is 0 Å². The molecule has 1 fully saturated rings. The molecule has 0 radical (unpaired) electrons. The number of amides is 2. The molecule has 0 aromatic heterocycles. The van der Waals surface area contributed by atoms with Crippen molar-refractivity contribution in [2.75, 3.05) is 13.1 Å². The Balaban J connectivity index is 1.58. The number of nitrogens with one attached hydrogen (secondary N) is 1. The maximum atomic E-state index is 12.7. The zero-order valence-electron chi connectivity index (χ0n) is 16.6. The van der Waals surface area contributed by atoms with Crippen LogP contribution in [0.4, 0.5) is 0 Å². The van der Waals surface area contributed by atoms with Gasteiger partial charge in [-0.1, -0.05) is 26.0 Å². The number of carbonyl (C=O) groups is 2. The highest BCUT2D eigenvalue weighted by Crippen LogP contribution is 2.23. The molecule has 28 heavy (non-hydrogen) atoms. The molecule has 2 amide bonds. The van der Waals surface area contributed by atoms with Gasteiger partial charge in [0.15, 0.2) is 0 Å². The van der Waals surface area contributed by atoms with Gasteiger partial charge in [-0.25, -0.2) is 0 Å². The molecule has 1 aliphatic rings. The summed E-state index contributed by atoms with van der Waals surface area (Å²) in [6.45, 7) is 6.38. The minimum Gasteiger partial charge on any atom is -0.348 e. The molecule has 1 saturated heterocycles. The highest BCUT2D eigenvalue weighted by molar-refractivity contribution is 7.99. The maximum Gasteiger partial charge on any atom is 0.253 e. The van der Waals surface area contributed by atoms with E-state index < -0.39 is 0 Å². The third kappa shape index (κ3) is 5.61. The van der Waals surface area contributed by atoms with Gasteiger partial charge in [-0.3, -0.25) is 9.59 Å². The van der Waals surface area contributed by atoms with Gasteiger partial charge in [0.2, 0.25) is 0 Å². The number of carbonyl (C=O) groups excluding carboxylic acids is 2. The van der Waals surface area contributed by atoms with Gasteiger partial charge in [-0.15, -0.1) is 11.8 Å². The first kappa shape index (κ1) is 20.5. The Hall–Kier alpha value is -2.27. The Labute approximate surface area is 171 Å². The van der Waals surface area contributed by atoms with E-state index in [0.717, 1.165) is 36.4 Å². The Morgan fingerprint density at radius 3 is 2.39 bits per heavy atom. The molecule has 5 heteroatoms. The molecule has 0 aliphatic carbocycles. The summed E-state index contributed by atoms with van der Waals surface area (Å²) >= 11 is 1.78. The van der Waals surface area contributed by atoms with Crippen molar-refractivity contribution >= 4 is 23.6 Å². The summed E-state index contributed by atoms with van der Waals surface area (Å²) in [6.07, 6.45) is 3.36. The van der Waals surface area contributed by atoms with Crippen LogP contribution in [0.15, 0.2) is 53.4 Å². The average Bonchev–Trinajstić information content (AvgIpc) is 2.72. The summed E-state index contributed by atoms with van der Waals surface area (Å²) in [5.74, 6) is -0.0139. The van der Waals surface area contributed by atoms with Gasteiger partial charge < -0.3 is 10.2 Å². The second kappa shape index (κ2) is 9.78. The predicted molar refractivity (Wildman–Crippen MR) is 115 cm³/mol. The molecule has 1 N–H and O–H groups in total. The Kier molecular flexibility index (Phi) is 7.15. The number of hydrogen-bond acceptors (Lipinski definition) is 3. The Morgan fingerprint density at radius 1 is 1.00 bits per heavy atom. The van der Waals surface area contributed by atoms with Gasteiger partial charge >= 0.3 is 0 Å². The van der Waals surface area contributed by atoms with Crippen molar-refractivity contribution in [1.29, 1.82) is 0 Å². The molecule has 0 saturated carbocycles. The molecule has 1 heterocycles. The zero-order chi connectivity index (χ0) is 19.9. The minimum absolute atomic E-state index is 0.0890. The first-order valence-corrected chi connectivity index (χ1v) is 10.8. The van der Waals surface area contributed by atoms with E-state index in [9.17, 15) is 9.59 Å². The van der Waals surface area contributed by atoms with E-state index in [4.69, 9.17) is 0 Å². The second-order valence-corrected chi connectivity index (χ2v) is 9.08. The fourth-order valence-electron chi connectivity index (χ4n) is 3.34. The molecule has 2 aromatic carbocycles. The predicted octanol–water partition coefficient (Wildman–Crippen LogP) is 4.74. The van der Waals surface area contributed by atoms with E-state index in [1.165, 1.54) is 6.42 Å². The van der Waals surface area contributed by atoms with Crippen molar-refractivity contribution in [3.63, 3.8) is 0 Å². The van der Waals surface area contributed by atoms with Crippen LogP contribution in [0.3, 0.4) is 0 Å². The van der Waals surface area contributed by atoms with E-state index in [-0.39, 0.29) is 11.8 Å². The van der Waals surface area contributed by atoms with Crippen LogP contribution in [0, 0.1) is 0 Å². The first-order valence-electron chi connectivity index (χ1n) is 9.96.